The highest BCUT2D eigenvalue weighted by atomic mass is 32.1. The van der Waals surface area contributed by atoms with Crippen LogP contribution in [0.5, 0.6) is 0 Å². The summed E-state index contributed by atoms with van der Waals surface area (Å²) in [7, 11) is 2.01. The maximum atomic E-state index is 12.5. The Morgan fingerprint density at radius 3 is 2.79 bits per heavy atom. The minimum Gasteiger partial charge on any atom is -0.353 e. The van der Waals surface area contributed by atoms with E-state index in [0.29, 0.717) is 6.04 Å². The molecule has 4 rings (SSSR count). The molecule has 6 nitrogen and oxygen atoms in total. The van der Waals surface area contributed by atoms with Gasteiger partial charge >= 0.3 is 0 Å². The van der Waals surface area contributed by atoms with E-state index in [9.17, 15) is 4.79 Å². The number of piperidine rings is 1. The summed E-state index contributed by atoms with van der Waals surface area (Å²) >= 11 is 1.64. The van der Waals surface area contributed by atoms with Crippen molar-refractivity contribution in [1.82, 2.24) is 25.0 Å². The summed E-state index contributed by atoms with van der Waals surface area (Å²) in [6.45, 7) is 4.95. The molecule has 1 amide bonds. The molecule has 1 fully saturated rings. The summed E-state index contributed by atoms with van der Waals surface area (Å²) in [5.41, 5.74) is 5.15. The number of nitrogens with zero attached hydrogens (tertiary/aromatic N) is 4. The van der Waals surface area contributed by atoms with E-state index < -0.39 is 0 Å². The van der Waals surface area contributed by atoms with Gasteiger partial charge < -0.3 is 5.32 Å². The van der Waals surface area contributed by atoms with Crippen LogP contribution in [-0.4, -0.2) is 44.7 Å². The third-order valence-corrected chi connectivity index (χ3v) is 6.87. The van der Waals surface area contributed by atoms with E-state index in [1.807, 2.05) is 24.2 Å². The number of carbonyl (C=O) groups excluding carboxylic acids is 1. The summed E-state index contributed by atoms with van der Waals surface area (Å²) < 4.78 is 1.99. The summed E-state index contributed by atoms with van der Waals surface area (Å²) in [5, 5.41) is 7.97. The lowest BCUT2D eigenvalue weighted by Gasteiger charge is -2.33. The molecule has 28 heavy (non-hydrogen) atoms. The number of hydrogen-bond acceptors (Lipinski definition) is 5. The second kappa shape index (κ2) is 8.57. The van der Waals surface area contributed by atoms with Crippen LogP contribution in [0.25, 0.3) is 10.6 Å². The quantitative estimate of drug-likeness (QED) is 0.784. The third-order valence-electron chi connectivity index (χ3n) is 5.91. The van der Waals surface area contributed by atoms with Gasteiger partial charge in [-0.2, -0.15) is 5.10 Å². The average molecular weight is 400 g/mol. The molecule has 1 N–H and O–H groups in total. The van der Waals surface area contributed by atoms with E-state index in [0.717, 1.165) is 68.0 Å². The van der Waals surface area contributed by atoms with E-state index in [1.54, 1.807) is 11.3 Å². The Labute approximate surface area is 170 Å². The molecular weight excluding hydrogens is 370 g/mol. The number of nitrogens with one attached hydrogen (secondary N) is 1. The lowest BCUT2D eigenvalue weighted by molar-refractivity contribution is -0.126. The van der Waals surface area contributed by atoms with Crippen molar-refractivity contribution < 1.29 is 4.79 Å². The Balaban J connectivity index is 1.29. The number of carbonyl (C=O) groups is 1. The third kappa shape index (κ3) is 4.36. The molecule has 0 aromatic carbocycles. The first-order valence-electron chi connectivity index (χ1n) is 10.2. The van der Waals surface area contributed by atoms with Gasteiger partial charge in [-0.25, -0.2) is 4.98 Å². The summed E-state index contributed by atoms with van der Waals surface area (Å²) in [4.78, 5) is 20.4. The lowest BCUT2D eigenvalue weighted by atomic mass is 9.93. The van der Waals surface area contributed by atoms with Crippen LogP contribution in [0.15, 0.2) is 23.7 Å². The summed E-state index contributed by atoms with van der Waals surface area (Å²) in [6, 6.07) is 2.50. The first-order valence-corrected chi connectivity index (χ1v) is 11.1. The monoisotopic (exact) mass is 399 g/mol. The smallest absolute Gasteiger partial charge is 0.223 e. The van der Waals surface area contributed by atoms with E-state index >= 15 is 0 Å². The van der Waals surface area contributed by atoms with Crippen LogP contribution in [0, 0.1) is 12.8 Å². The van der Waals surface area contributed by atoms with Gasteiger partial charge in [-0.3, -0.25) is 14.4 Å². The number of thiazole rings is 1. The zero-order valence-corrected chi connectivity index (χ0v) is 17.5. The maximum Gasteiger partial charge on any atom is 0.223 e. The average Bonchev–Trinajstić information content (AvgIpc) is 3.29. The topological polar surface area (TPSA) is 63.1 Å². The molecule has 0 bridgehead atoms. The van der Waals surface area contributed by atoms with Crippen molar-refractivity contribution in [1.29, 1.82) is 0 Å². The van der Waals surface area contributed by atoms with E-state index in [-0.39, 0.29) is 11.8 Å². The Morgan fingerprint density at radius 1 is 1.29 bits per heavy atom. The van der Waals surface area contributed by atoms with E-state index in [4.69, 9.17) is 0 Å². The van der Waals surface area contributed by atoms with Gasteiger partial charge in [0.1, 0.15) is 5.69 Å². The molecule has 1 atom stereocenters. The minimum absolute atomic E-state index is 0.172. The van der Waals surface area contributed by atoms with E-state index in [1.165, 1.54) is 5.69 Å². The number of rotatable bonds is 5. The number of amides is 1. The zero-order chi connectivity index (χ0) is 19.5. The van der Waals surface area contributed by atoms with Crippen molar-refractivity contribution in [3.05, 3.63) is 35.1 Å². The number of likely N-dealkylation sites (tertiary alicyclic amines) is 1. The molecule has 0 saturated carbocycles. The molecule has 2 aromatic heterocycles. The Kier molecular flexibility index (Phi) is 5.92. The van der Waals surface area contributed by atoms with Gasteiger partial charge in [0.2, 0.25) is 5.91 Å². The van der Waals surface area contributed by atoms with Crippen LogP contribution in [0.4, 0.5) is 0 Å². The SMILES string of the molecule is Cc1ncsc1-c1cc(CN2CCC(NC(=O)[C@@H]3CC=CCC3)CC2)n(C)n1. The van der Waals surface area contributed by atoms with Gasteiger partial charge in [0, 0.05) is 38.6 Å². The van der Waals surface area contributed by atoms with Crippen molar-refractivity contribution in [2.75, 3.05) is 13.1 Å². The fourth-order valence-electron chi connectivity index (χ4n) is 4.13. The van der Waals surface area contributed by atoms with Crippen LogP contribution in [0.2, 0.25) is 0 Å². The number of aromatic nitrogens is 3. The molecule has 0 unspecified atom stereocenters. The Bertz CT molecular complexity index is 847. The van der Waals surface area contributed by atoms with Crippen LogP contribution in [0.1, 0.15) is 43.5 Å². The van der Waals surface area contributed by atoms with Crippen LogP contribution < -0.4 is 5.32 Å². The van der Waals surface area contributed by atoms with Crippen LogP contribution in [0.3, 0.4) is 0 Å². The van der Waals surface area contributed by atoms with Gasteiger partial charge in [-0.05, 0) is 45.1 Å². The minimum atomic E-state index is 0.172. The molecule has 2 aromatic rings. The molecular formula is C21H29N5OS. The van der Waals surface area contributed by atoms with Crippen LogP contribution in [-0.2, 0) is 18.4 Å². The molecule has 2 aliphatic rings. The predicted molar refractivity (Wildman–Crippen MR) is 112 cm³/mol. The van der Waals surface area contributed by atoms with Crippen LogP contribution >= 0.6 is 11.3 Å². The number of hydrogen-bond donors (Lipinski definition) is 1. The first kappa shape index (κ1) is 19.3. The standard InChI is InChI=1S/C21H29N5OS/c1-15-20(28-14-22-15)19-12-18(25(2)24-19)13-26-10-8-17(9-11-26)23-21(27)16-6-4-3-5-7-16/h3-4,12,14,16-17H,5-11,13H2,1-2H3,(H,23,27)/t16-/m1/s1. The second-order valence-corrected chi connectivity index (χ2v) is 8.81. The van der Waals surface area contributed by atoms with Gasteiger partial charge in [0.25, 0.3) is 0 Å². The molecule has 150 valence electrons. The second-order valence-electron chi connectivity index (χ2n) is 7.95. The number of aryl methyl sites for hydroxylation is 2. The first-order chi connectivity index (χ1) is 13.6. The molecule has 0 spiro atoms. The fraction of sp³-hybridized carbons (Fsp3) is 0.571. The molecule has 1 aliphatic heterocycles. The normalized spacial score (nSPS) is 21.1. The van der Waals surface area contributed by atoms with Gasteiger partial charge in [-0.15, -0.1) is 11.3 Å². The van der Waals surface area contributed by atoms with Crippen molar-refractivity contribution in [2.45, 2.75) is 51.6 Å². The number of allylic oxidation sites excluding steroid dienone is 2. The summed E-state index contributed by atoms with van der Waals surface area (Å²) in [6.07, 6.45) is 9.29. The van der Waals surface area contributed by atoms with Gasteiger partial charge in [-0.1, -0.05) is 12.2 Å². The molecule has 1 saturated heterocycles. The highest BCUT2D eigenvalue weighted by molar-refractivity contribution is 7.13. The zero-order valence-electron chi connectivity index (χ0n) is 16.7. The largest absolute Gasteiger partial charge is 0.353 e. The molecule has 3 heterocycles. The van der Waals surface area contributed by atoms with Crippen molar-refractivity contribution in [3.63, 3.8) is 0 Å². The van der Waals surface area contributed by atoms with Crippen molar-refractivity contribution >= 4 is 17.2 Å². The van der Waals surface area contributed by atoms with Crippen molar-refractivity contribution in [3.8, 4) is 10.6 Å². The maximum absolute atomic E-state index is 12.5. The Hall–Kier alpha value is -1.99. The van der Waals surface area contributed by atoms with Crippen molar-refractivity contribution in [2.24, 2.45) is 13.0 Å². The molecule has 7 heteroatoms. The highest BCUT2D eigenvalue weighted by Crippen LogP contribution is 2.27. The fourth-order valence-corrected chi connectivity index (χ4v) is 4.89. The van der Waals surface area contributed by atoms with Gasteiger partial charge in [0.15, 0.2) is 0 Å². The highest BCUT2D eigenvalue weighted by Gasteiger charge is 2.25. The Morgan fingerprint density at radius 2 is 2.11 bits per heavy atom. The summed E-state index contributed by atoms with van der Waals surface area (Å²) in [5.74, 6) is 0.421. The predicted octanol–water partition coefficient (Wildman–Crippen LogP) is 3.29. The van der Waals surface area contributed by atoms with Gasteiger partial charge in [0.05, 0.1) is 21.8 Å². The molecule has 0 radical (unpaired) electrons. The van der Waals surface area contributed by atoms with E-state index in [2.05, 4.69) is 38.5 Å². The molecule has 1 aliphatic carbocycles. The lowest BCUT2D eigenvalue weighted by Crippen LogP contribution is -2.46.